The molecule has 0 saturated carbocycles. The average Bonchev–Trinajstić information content (AvgIpc) is 3.16. The van der Waals surface area contributed by atoms with E-state index >= 15 is 0 Å². The average molecular weight is 381 g/mol. The molecule has 1 atom stereocenters. The number of benzene rings is 2. The molecular weight excluding hydrogens is 362 g/mol. The molecule has 0 aliphatic carbocycles. The van der Waals surface area contributed by atoms with Gasteiger partial charge in [0.1, 0.15) is 5.01 Å². The molecule has 0 radical (unpaired) electrons. The van der Waals surface area contributed by atoms with Crippen molar-refractivity contribution >= 4 is 22.9 Å². The van der Waals surface area contributed by atoms with Crippen molar-refractivity contribution in [1.29, 1.82) is 0 Å². The first-order valence-corrected chi connectivity index (χ1v) is 9.33. The highest BCUT2D eigenvalue weighted by Crippen LogP contribution is 2.26. The molecule has 0 aliphatic rings. The molecule has 0 aliphatic heterocycles. The van der Waals surface area contributed by atoms with Crippen LogP contribution in [-0.4, -0.2) is 27.8 Å². The molecule has 0 spiro atoms. The van der Waals surface area contributed by atoms with Crippen LogP contribution in [0.25, 0.3) is 10.6 Å². The first kappa shape index (κ1) is 18.7. The van der Waals surface area contributed by atoms with Gasteiger partial charge in [0.05, 0.1) is 23.1 Å². The Labute approximate surface area is 161 Å². The van der Waals surface area contributed by atoms with Gasteiger partial charge >= 0.3 is 0 Å². The van der Waals surface area contributed by atoms with E-state index in [9.17, 15) is 14.9 Å². The second-order valence-corrected chi connectivity index (χ2v) is 7.08. The lowest BCUT2D eigenvalue weighted by Gasteiger charge is -2.25. The monoisotopic (exact) mass is 381 g/mol. The summed E-state index contributed by atoms with van der Waals surface area (Å²) >= 11 is 1.51. The van der Waals surface area contributed by atoms with Gasteiger partial charge < -0.3 is 4.90 Å². The van der Waals surface area contributed by atoms with E-state index in [0.717, 1.165) is 21.8 Å². The Kier molecular flexibility index (Phi) is 5.61. The van der Waals surface area contributed by atoms with Crippen LogP contribution in [0, 0.1) is 10.1 Å². The third-order valence-corrected chi connectivity index (χ3v) is 5.38. The molecule has 1 heterocycles. The van der Waals surface area contributed by atoms with E-state index < -0.39 is 4.92 Å². The van der Waals surface area contributed by atoms with Crippen LogP contribution in [0.2, 0.25) is 0 Å². The second kappa shape index (κ2) is 8.09. The molecule has 2 aromatic carbocycles. The summed E-state index contributed by atoms with van der Waals surface area (Å²) in [6.45, 7) is 1.85. The number of aromatic nitrogens is 1. The van der Waals surface area contributed by atoms with Crippen LogP contribution < -0.4 is 0 Å². The summed E-state index contributed by atoms with van der Waals surface area (Å²) in [5.74, 6) is -0.0843. The van der Waals surface area contributed by atoms with E-state index in [0.29, 0.717) is 0 Å². The Morgan fingerprint density at radius 2 is 1.96 bits per heavy atom. The van der Waals surface area contributed by atoms with Gasteiger partial charge in [-0.25, -0.2) is 4.98 Å². The molecule has 1 aromatic heterocycles. The van der Waals surface area contributed by atoms with Crippen LogP contribution >= 0.6 is 11.3 Å². The van der Waals surface area contributed by atoms with Gasteiger partial charge in [0.2, 0.25) is 5.91 Å². The van der Waals surface area contributed by atoms with Crippen molar-refractivity contribution in [3.05, 3.63) is 81.3 Å². The van der Waals surface area contributed by atoms with E-state index in [1.165, 1.54) is 23.5 Å². The molecule has 0 N–H and O–H groups in total. The van der Waals surface area contributed by atoms with Gasteiger partial charge in [0.25, 0.3) is 5.69 Å². The molecule has 0 fully saturated rings. The molecule has 0 unspecified atom stereocenters. The van der Waals surface area contributed by atoms with Crippen molar-refractivity contribution in [3.63, 3.8) is 0 Å². The van der Waals surface area contributed by atoms with Crippen LogP contribution in [0.5, 0.6) is 0 Å². The van der Waals surface area contributed by atoms with Crippen LogP contribution in [0.3, 0.4) is 0 Å². The summed E-state index contributed by atoms with van der Waals surface area (Å²) in [5.41, 5.74) is 2.50. The number of nitro benzene ring substituents is 1. The molecule has 1 amide bonds. The first-order valence-electron chi connectivity index (χ1n) is 8.45. The summed E-state index contributed by atoms with van der Waals surface area (Å²) in [4.78, 5) is 29.3. The van der Waals surface area contributed by atoms with Gasteiger partial charge in [0.15, 0.2) is 0 Å². The van der Waals surface area contributed by atoms with Crippen molar-refractivity contribution < 1.29 is 9.72 Å². The fraction of sp³-hybridized carbons (Fsp3) is 0.200. The number of hydrogen-bond donors (Lipinski definition) is 0. The molecule has 0 bridgehead atoms. The third kappa shape index (κ3) is 4.38. The minimum absolute atomic E-state index is 0.0206. The lowest BCUT2D eigenvalue weighted by atomic mass is 10.1. The van der Waals surface area contributed by atoms with Crippen LogP contribution in [0.1, 0.15) is 24.2 Å². The number of carbonyl (C=O) groups is 1. The lowest BCUT2D eigenvalue weighted by Crippen LogP contribution is -2.31. The number of thiazole rings is 1. The molecule has 6 nitrogen and oxygen atoms in total. The standard InChI is InChI=1S/C20H19N3O3S/c1-14(16-9-6-10-18(11-16)23(25)26)22(2)19(24)12-17-13-27-20(21-17)15-7-4-3-5-8-15/h3-11,13-14H,12H2,1-2H3/t14-/m0/s1. The normalized spacial score (nSPS) is 11.8. The predicted octanol–water partition coefficient (Wildman–Crippen LogP) is 4.48. The molecule has 3 rings (SSSR count). The zero-order chi connectivity index (χ0) is 19.4. The second-order valence-electron chi connectivity index (χ2n) is 6.22. The van der Waals surface area contributed by atoms with Crippen LogP contribution in [0.4, 0.5) is 5.69 Å². The number of hydrogen-bond acceptors (Lipinski definition) is 5. The summed E-state index contributed by atoms with van der Waals surface area (Å²) < 4.78 is 0. The SMILES string of the molecule is C[C@@H](c1cccc([N+](=O)[O-])c1)N(C)C(=O)Cc1csc(-c2ccccc2)n1. The Balaban J connectivity index is 1.70. The van der Waals surface area contributed by atoms with E-state index in [4.69, 9.17) is 0 Å². The predicted molar refractivity (Wildman–Crippen MR) is 106 cm³/mol. The number of nitro groups is 1. The third-order valence-electron chi connectivity index (χ3n) is 4.44. The number of likely N-dealkylation sites (N-methyl/N-ethyl adjacent to an activating group) is 1. The van der Waals surface area contributed by atoms with Crippen LogP contribution in [-0.2, 0) is 11.2 Å². The smallest absolute Gasteiger partial charge is 0.269 e. The molecule has 138 valence electrons. The summed E-state index contributed by atoms with van der Waals surface area (Å²) in [7, 11) is 1.70. The van der Waals surface area contributed by atoms with Crippen molar-refractivity contribution in [2.45, 2.75) is 19.4 Å². The molecule has 0 saturated heterocycles. The summed E-state index contributed by atoms with van der Waals surface area (Å²) in [6, 6.07) is 15.9. The molecule has 27 heavy (non-hydrogen) atoms. The molecule has 3 aromatic rings. The van der Waals surface area contributed by atoms with Gasteiger partial charge in [0, 0.05) is 30.1 Å². The fourth-order valence-electron chi connectivity index (χ4n) is 2.72. The quantitative estimate of drug-likeness (QED) is 0.466. The van der Waals surface area contributed by atoms with E-state index in [2.05, 4.69) is 4.98 Å². The first-order chi connectivity index (χ1) is 13.0. The van der Waals surface area contributed by atoms with E-state index in [-0.39, 0.29) is 24.1 Å². The van der Waals surface area contributed by atoms with E-state index in [1.807, 2.05) is 42.6 Å². The highest BCUT2D eigenvalue weighted by molar-refractivity contribution is 7.13. The number of non-ortho nitro benzene ring substituents is 1. The van der Waals surface area contributed by atoms with Gasteiger partial charge in [-0.05, 0) is 12.5 Å². The largest absolute Gasteiger partial charge is 0.339 e. The number of carbonyl (C=O) groups excluding carboxylic acids is 1. The Morgan fingerprint density at radius 1 is 1.22 bits per heavy atom. The maximum absolute atomic E-state index is 12.6. The topological polar surface area (TPSA) is 76.3 Å². The van der Waals surface area contributed by atoms with Crippen molar-refractivity contribution in [3.8, 4) is 10.6 Å². The number of rotatable bonds is 6. The Bertz CT molecular complexity index is 956. The minimum atomic E-state index is -0.432. The highest BCUT2D eigenvalue weighted by atomic mass is 32.1. The van der Waals surface area contributed by atoms with Gasteiger partial charge in [-0.2, -0.15) is 0 Å². The fourth-order valence-corrected chi connectivity index (χ4v) is 3.54. The van der Waals surface area contributed by atoms with Crippen molar-refractivity contribution in [2.24, 2.45) is 0 Å². The zero-order valence-electron chi connectivity index (χ0n) is 15.0. The maximum atomic E-state index is 12.6. The Morgan fingerprint density at radius 3 is 2.67 bits per heavy atom. The molecular formula is C20H19N3O3S. The maximum Gasteiger partial charge on any atom is 0.269 e. The van der Waals surface area contributed by atoms with Gasteiger partial charge in [-0.1, -0.05) is 42.5 Å². The highest BCUT2D eigenvalue weighted by Gasteiger charge is 2.20. The number of nitrogens with zero attached hydrogens (tertiary/aromatic N) is 3. The van der Waals surface area contributed by atoms with Gasteiger partial charge in [-0.15, -0.1) is 11.3 Å². The number of amides is 1. The molecule has 7 heteroatoms. The zero-order valence-corrected chi connectivity index (χ0v) is 15.8. The summed E-state index contributed by atoms with van der Waals surface area (Å²) in [6.07, 6.45) is 0.194. The lowest BCUT2D eigenvalue weighted by molar-refractivity contribution is -0.384. The van der Waals surface area contributed by atoms with Crippen molar-refractivity contribution in [2.75, 3.05) is 7.05 Å². The summed E-state index contributed by atoms with van der Waals surface area (Å²) in [5, 5.41) is 13.7. The van der Waals surface area contributed by atoms with Crippen molar-refractivity contribution in [1.82, 2.24) is 9.88 Å². The Hall–Kier alpha value is -3.06. The van der Waals surface area contributed by atoms with E-state index in [1.54, 1.807) is 24.1 Å². The van der Waals surface area contributed by atoms with Crippen LogP contribution in [0.15, 0.2) is 60.0 Å². The van der Waals surface area contributed by atoms with Gasteiger partial charge in [-0.3, -0.25) is 14.9 Å². The minimum Gasteiger partial charge on any atom is -0.339 e.